The lowest BCUT2D eigenvalue weighted by molar-refractivity contribution is -0.268. The third kappa shape index (κ3) is 8.34. The maximum atomic E-state index is 12.3. The second kappa shape index (κ2) is 12.7. The topological polar surface area (TPSA) is 127 Å². The van der Waals surface area contributed by atoms with E-state index in [4.69, 9.17) is 18.9 Å². The number of halogens is 1. The summed E-state index contributed by atoms with van der Waals surface area (Å²) in [4.78, 5) is 23.3. The Morgan fingerprint density at radius 2 is 1.97 bits per heavy atom. The van der Waals surface area contributed by atoms with E-state index in [9.17, 15) is 19.8 Å². The molecule has 0 aromatic heterocycles. The van der Waals surface area contributed by atoms with Crippen LogP contribution in [0.2, 0.25) is 0 Å². The summed E-state index contributed by atoms with van der Waals surface area (Å²) in [5, 5.41) is 24.3. The first-order chi connectivity index (χ1) is 17.4. The summed E-state index contributed by atoms with van der Waals surface area (Å²) in [6.45, 7) is 9.49. The zero-order valence-corrected chi connectivity index (χ0v) is 24.3. The molecule has 0 saturated carbocycles. The first-order valence-corrected chi connectivity index (χ1v) is 14.3. The molecular formula is C27H40INO8. The van der Waals surface area contributed by atoms with Crippen molar-refractivity contribution in [3.8, 4) is 0 Å². The number of aliphatic hydroxyl groups excluding tert-OH is 1. The summed E-state index contributed by atoms with van der Waals surface area (Å²) in [7, 11) is 0. The molecule has 3 N–H and O–H groups in total. The molecule has 1 amide bonds. The number of carbonyl (C=O) groups excluding carboxylic acids is 2. The molecular weight excluding hydrogens is 593 g/mol. The molecule has 1 unspecified atom stereocenters. The number of allylic oxidation sites excluding steroid dienone is 2. The van der Waals surface area contributed by atoms with Gasteiger partial charge in [0.2, 0.25) is 5.91 Å². The second-order valence-corrected chi connectivity index (χ2v) is 11.3. The number of epoxide rings is 1. The van der Waals surface area contributed by atoms with E-state index in [1.807, 2.05) is 19.9 Å². The number of hydrogen-bond acceptors (Lipinski definition) is 8. The number of carbonyl (C=O) groups is 2. The molecule has 0 aromatic carbocycles. The highest BCUT2D eigenvalue weighted by Gasteiger charge is 2.62. The van der Waals surface area contributed by atoms with Crippen LogP contribution < -0.4 is 5.32 Å². The van der Waals surface area contributed by atoms with E-state index in [0.717, 1.165) is 12.0 Å². The molecule has 3 heterocycles. The molecule has 1 spiro atoms. The summed E-state index contributed by atoms with van der Waals surface area (Å²) < 4.78 is 22.9. The van der Waals surface area contributed by atoms with Gasteiger partial charge in [0, 0.05) is 19.4 Å². The van der Waals surface area contributed by atoms with Crippen molar-refractivity contribution in [2.45, 2.75) is 102 Å². The first-order valence-electron chi connectivity index (χ1n) is 12.8. The lowest BCUT2D eigenvalue weighted by Gasteiger charge is -2.41. The zero-order valence-electron chi connectivity index (χ0n) is 22.2. The number of nitrogens with one attached hydrogen (secondary N) is 1. The van der Waals surface area contributed by atoms with Crippen molar-refractivity contribution >= 4 is 34.5 Å². The molecule has 208 valence electrons. The predicted octanol–water partition coefficient (Wildman–Crippen LogP) is 2.73. The SMILES string of the molecule is CC(=O)O[C@H](C)/C=C\C(=O)NC1C[C@H](C)[C@H](C/C=C(C)/C=C/[C@H]2O[C@@](O)(CI)C[C@@]3(CO3)[C@@H]2O)O[C@@H]1C. The first kappa shape index (κ1) is 30.2. The minimum atomic E-state index is -1.31. The predicted molar refractivity (Wildman–Crippen MR) is 146 cm³/mol. The maximum Gasteiger partial charge on any atom is 0.303 e. The van der Waals surface area contributed by atoms with Gasteiger partial charge >= 0.3 is 5.97 Å². The smallest absolute Gasteiger partial charge is 0.303 e. The normalized spacial score (nSPS) is 39.2. The zero-order chi connectivity index (χ0) is 27.4. The van der Waals surface area contributed by atoms with E-state index in [1.165, 1.54) is 13.0 Å². The van der Waals surface area contributed by atoms with Gasteiger partial charge in [-0.2, -0.15) is 0 Å². The van der Waals surface area contributed by atoms with Crippen molar-refractivity contribution in [1.82, 2.24) is 5.32 Å². The van der Waals surface area contributed by atoms with Crippen LogP contribution in [0.15, 0.2) is 36.0 Å². The number of amides is 1. The third-order valence-corrected chi connectivity index (χ3v) is 8.33. The molecule has 0 aliphatic carbocycles. The molecule has 10 heteroatoms. The van der Waals surface area contributed by atoms with Crippen molar-refractivity contribution in [3.63, 3.8) is 0 Å². The average molecular weight is 634 g/mol. The van der Waals surface area contributed by atoms with Gasteiger partial charge in [-0.15, -0.1) is 0 Å². The largest absolute Gasteiger partial charge is 0.459 e. The van der Waals surface area contributed by atoms with E-state index >= 15 is 0 Å². The minimum absolute atomic E-state index is 0.00907. The molecule has 3 saturated heterocycles. The van der Waals surface area contributed by atoms with Crippen molar-refractivity contribution in [1.29, 1.82) is 0 Å². The highest BCUT2D eigenvalue weighted by Crippen LogP contribution is 2.46. The van der Waals surface area contributed by atoms with Gasteiger partial charge in [-0.1, -0.05) is 53.3 Å². The number of ether oxygens (including phenoxy) is 4. The molecule has 3 rings (SSSR count). The van der Waals surface area contributed by atoms with Crippen LogP contribution in [0, 0.1) is 5.92 Å². The van der Waals surface area contributed by atoms with E-state index < -0.39 is 35.7 Å². The minimum Gasteiger partial charge on any atom is -0.459 e. The van der Waals surface area contributed by atoms with Crippen LogP contribution >= 0.6 is 22.6 Å². The highest BCUT2D eigenvalue weighted by molar-refractivity contribution is 14.1. The quantitative estimate of drug-likeness (QED) is 0.0885. The lowest BCUT2D eigenvalue weighted by Crippen LogP contribution is -2.56. The molecule has 9 nitrogen and oxygen atoms in total. The van der Waals surface area contributed by atoms with Crippen molar-refractivity contribution < 1.29 is 38.7 Å². The number of rotatable bonds is 9. The number of hydrogen-bond donors (Lipinski definition) is 3. The summed E-state index contributed by atoms with van der Waals surface area (Å²) in [6, 6.07) is -0.115. The van der Waals surface area contributed by atoms with Crippen LogP contribution in [0.1, 0.15) is 53.9 Å². The lowest BCUT2D eigenvalue weighted by atomic mass is 9.87. The van der Waals surface area contributed by atoms with E-state index in [0.29, 0.717) is 17.5 Å². The number of aliphatic hydroxyl groups is 2. The van der Waals surface area contributed by atoms with Gasteiger partial charge in [0.05, 0.1) is 29.3 Å². The van der Waals surface area contributed by atoms with Gasteiger partial charge in [0.25, 0.3) is 0 Å². The van der Waals surface area contributed by atoms with Crippen LogP contribution in [0.4, 0.5) is 0 Å². The number of alkyl halides is 1. The van der Waals surface area contributed by atoms with E-state index in [1.54, 1.807) is 19.1 Å². The Bertz CT molecular complexity index is 916. The van der Waals surface area contributed by atoms with Crippen LogP contribution in [-0.2, 0) is 28.5 Å². The van der Waals surface area contributed by atoms with Gasteiger partial charge < -0.3 is 34.5 Å². The van der Waals surface area contributed by atoms with Crippen molar-refractivity contribution in [2.75, 3.05) is 11.0 Å². The van der Waals surface area contributed by atoms with Gasteiger partial charge in [-0.25, -0.2) is 0 Å². The second-order valence-electron chi connectivity index (χ2n) is 10.6. The highest BCUT2D eigenvalue weighted by atomic mass is 127. The Morgan fingerprint density at radius 3 is 2.59 bits per heavy atom. The molecule has 0 radical (unpaired) electrons. The van der Waals surface area contributed by atoms with Crippen LogP contribution in [-0.4, -0.2) is 81.1 Å². The molecule has 3 aliphatic heterocycles. The van der Waals surface area contributed by atoms with E-state index in [2.05, 4.69) is 40.9 Å². The van der Waals surface area contributed by atoms with Gasteiger partial charge in [-0.05, 0) is 45.6 Å². The van der Waals surface area contributed by atoms with Gasteiger partial charge in [0.1, 0.15) is 23.9 Å². The summed E-state index contributed by atoms with van der Waals surface area (Å²) in [6.07, 6.45) is 8.38. The maximum absolute atomic E-state index is 12.3. The molecule has 3 aliphatic rings. The Labute approximate surface area is 232 Å². The van der Waals surface area contributed by atoms with Crippen molar-refractivity contribution in [2.24, 2.45) is 5.92 Å². The van der Waals surface area contributed by atoms with Crippen LogP contribution in [0.5, 0.6) is 0 Å². The Kier molecular flexibility index (Phi) is 10.4. The fourth-order valence-electron chi connectivity index (χ4n) is 4.90. The molecule has 3 fully saturated rings. The Balaban J connectivity index is 1.50. The summed E-state index contributed by atoms with van der Waals surface area (Å²) in [5.74, 6) is -1.72. The van der Waals surface area contributed by atoms with Crippen LogP contribution in [0.3, 0.4) is 0 Å². The molecule has 0 aromatic rings. The Hall–Kier alpha value is -1.31. The fraction of sp³-hybridized carbons (Fsp3) is 0.704. The van der Waals surface area contributed by atoms with Gasteiger partial charge in [-0.3, -0.25) is 9.59 Å². The van der Waals surface area contributed by atoms with E-state index in [-0.39, 0.29) is 36.5 Å². The Morgan fingerprint density at radius 1 is 1.27 bits per heavy atom. The number of esters is 1. The summed E-state index contributed by atoms with van der Waals surface area (Å²) >= 11 is 2.08. The third-order valence-electron chi connectivity index (χ3n) is 7.14. The monoisotopic (exact) mass is 633 g/mol. The fourth-order valence-corrected chi connectivity index (χ4v) is 5.35. The van der Waals surface area contributed by atoms with Crippen LogP contribution in [0.25, 0.3) is 0 Å². The average Bonchev–Trinajstić information content (AvgIpc) is 3.59. The summed E-state index contributed by atoms with van der Waals surface area (Å²) in [5.41, 5.74) is 0.283. The molecule has 37 heavy (non-hydrogen) atoms. The van der Waals surface area contributed by atoms with Crippen molar-refractivity contribution in [3.05, 3.63) is 36.0 Å². The molecule has 0 bridgehead atoms. The standard InChI is InChI=1S/C27H40INO8/c1-16(7-10-23-25(32)26(15-34-26)13-27(33,14-28)37-23)6-9-22-17(2)12-21(19(4)36-22)29-24(31)11-8-18(3)35-20(5)30/h6-8,10-11,17-19,21-23,25,32-33H,9,12-15H2,1-5H3,(H,29,31)/b10-7+,11-8-,16-6+/t17-,18+,19+,21?,22-,23+,25+,26+,27+/m0/s1. The molecule has 9 atom stereocenters. The van der Waals surface area contributed by atoms with Gasteiger partial charge in [0.15, 0.2) is 5.79 Å².